The number of nitrogens with zero attached hydrogens (tertiary/aromatic N) is 1. The molecule has 1 fully saturated rings. The van der Waals surface area contributed by atoms with Crippen molar-refractivity contribution in [3.05, 3.63) is 42.0 Å². The van der Waals surface area contributed by atoms with E-state index in [2.05, 4.69) is 10.3 Å². The number of piperidine rings is 1. The summed E-state index contributed by atoms with van der Waals surface area (Å²) >= 11 is 0. The van der Waals surface area contributed by atoms with Gasteiger partial charge in [0.05, 0.1) is 0 Å². The maximum atomic E-state index is 13.7. The van der Waals surface area contributed by atoms with Crippen LogP contribution in [0.5, 0.6) is 0 Å². The zero-order valence-corrected chi connectivity index (χ0v) is 9.62. The van der Waals surface area contributed by atoms with Crippen LogP contribution in [0.1, 0.15) is 24.3 Å². The predicted molar refractivity (Wildman–Crippen MR) is 66.5 cm³/mol. The summed E-state index contributed by atoms with van der Waals surface area (Å²) in [7, 11) is 0. The van der Waals surface area contributed by atoms with Crippen LogP contribution in [0.3, 0.4) is 0 Å². The molecule has 1 aromatic carbocycles. The third kappa shape index (κ3) is 1.91. The van der Waals surface area contributed by atoms with Crippen molar-refractivity contribution in [2.45, 2.75) is 18.8 Å². The van der Waals surface area contributed by atoms with Crippen molar-refractivity contribution in [1.29, 1.82) is 0 Å². The molecule has 88 valence electrons. The van der Waals surface area contributed by atoms with Crippen LogP contribution in [0, 0.1) is 5.82 Å². The van der Waals surface area contributed by atoms with E-state index in [0.717, 1.165) is 31.3 Å². The van der Waals surface area contributed by atoms with E-state index in [4.69, 9.17) is 0 Å². The highest BCUT2D eigenvalue weighted by atomic mass is 19.1. The van der Waals surface area contributed by atoms with Crippen molar-refractivity contribution < 1.29 is 4.39 Å². The minimum absolute atomic E-state index is 0.153. The van der Waals surface area contributed by atoms with Gasteiger partial charge in [0.15, 0.2) is 0 Å². The monoisotopic (exact) mass is 230 g/mol. The minimum atomic E-state index is -0.153. The molecule has 0 radical (unpaired) electrons. The Bertz CT molecular complexity index is 533. The third-order valence-electron chi connectivity index (χ3n) is 3.58. The lowest BCUT2D eigenvalue weighted by atomic mass is 9.87. The average molecular weight is 230 g/mol. The van der Waals surface area contributed by atoms with E-state index in [1.807, 2.05) is 6.07 Å². The summed E-state index contributed by atoms with van der Waals surface area (Å²) in [4.78, 5) is 4.13. The van der Waals surface area contributed by atoms with E-state index in [1.54, 1.807) is 24.5 Å². The molecular weight excluding hydrogens is 215 g/mol. The van der Waals surface area contributed by atoms with Gasteiger partial charge in [-0.15, -0.1) is 0 Å². The van der Waals surface area contributed by atoms with Crippen LogP contribution in [0.25, 0.3) is 10.8 Å². The normalized spacial score (nSPS) is 17.5. The highest BCUT2D eigenvalue weighted by molar-refractivity contribution is 5.85. The quantitative estimate of drug-likeness (QED) is 0.814. The van der Waals surface area contributed by atoms with Crippen molar-refractivity contribution in [3.8, 4) is 0 Å². The summed E-state index contributed by atoms with van der Waals surface area (Å²) in [6.45, 7) is 2.09. The lowest BCUT2D eigenvalue weighted by Crippen LogP contribution is -2.26. The first-order valence-electron chi connectivity index (χ1n) is 6.09. The predicted octanol–water partition coefficient (Wildman–Crippen LogP) is 2.84. The highest BCUT2D eigenvalue weighted by Crippen LogP contribution is 2.31. The van der Waals surface area contributed by atoms with E-state index in [-0.39, 0.29) is 5.82 Å². The van der Waals surface area contributed by atoms with Crippen LogP contribution in [0.2, 0.25) is 0 Å². The number of benzene rings is 1. The van der Waals surface area contributed by atoms with Gasteiger partial charge in [-0.25, -0.2) is 4.39 Å². The lowest BCUT2D eigenvalue weighted by molar-refractivity contribution is 0.462. The standard InChI is InChI=1S/C14H15FN2/c15-14-2-1-11(10-3-6-16-7-4-10)13-9-17-8-5-12(13)14/h1-2,5,8-10,16H,3-4,6-7H2. The van der Waals surface area contributed by atoms with Gasteiger partial charge in [-0.2, -0.15) is 0 Å². The Morgan fingerprint density at radius 3 is 2.76 bits per heavy atom. The fourth-order valence-corrected chi connectivity index (χ4v) is 2.66. The molecule has 1 aromatic heterocycles. The van der Waals surface area contributed by atoms with E-state index in [1.165, 1.54) is 5.56 Å². The van der Waals surface area contributed by atoms with Crippen LogP contribution in [0.4, 0.5) is 4.39 Å². The van der Waals surface area contributed by atoms with Crippen LogP contribution < -0.4 is 5.32 Å². The largest absolute Gasteiger partial charge is 0.317 e. The van der Waals surface area contributed by atoms with Crippen molar-refractivity contribution in [2.24, 2.45) is 0 Å². The number of hydrogen-bond donors (Lipinski definition) is 1. The Morgan fingerprint density at radius 2 is 1.94 bits per heavy atom. The molecule has 1 N–H and O–H groups in total. The van der Waals surface area contributed by atoms with Crippen LogP contribution in [0.15, 0.2) is 30.6 Å². The molecule has 0 atom stereocenters. The highest BCUT2D eigenvalue weighted by Gasteiger charge is 2.18. The van der Waals surface area contributed by atoms with Gasteiger partial charge in [0, 0.05) is 23.2 Å². The average Bonchev–Trinajstić information content (AvgIpc) is 2.41. The lowest BCUT2D eigenvalue weighted by Gasteiger charge is -2.24. The first-order valence-corrected chi connectivity index (χ1v) is 6.09. The molecule has 2 nitrogen and oxygen atoms in total. The van der Waals surface area contributed by atoms with Crippen molar-refractivity contribution in [3.63, 3.8) is 0 Å². The van der Waals surface area contributed by atoms with E-state index < -0.39 is 0 Å². The Balaban J connectivity index is 2.12. The van der Waals surface area contributed by atoms with Gasteiger partial charge in [0.2, 0.25) is 0 Å². The molecule has 0 amide bonds. The molecule has 0 aliphatic carbocycles. The van der Waals surface area contributed by atoms with Crippen LogP contribution in [-0.4, -0.2) is 18.1 Å². The number of aromatic nitrogens is 1. The number of halogens is 1. The molecule has 2 aromatic rings. The van der Waals surface area contributed by atoms with Gasteiger partial charge in [-0.05, 0) is 49.5 Å². The molecular formula is C14H15FN2. The van der Waals surface area contributed by atoms with Gasteiger partial charge in [0.1, 0.15) is 5.82 Å². The topological polar surface area (TPSA) is 24.9 Å². The van der Waals surface area contributed by atoms with E-state index >= 15 is 0 Å². The second-order valence-electron chi connectivity index (χ2n) is 4.58. The summed E-state index contributed by atoms with van der Waals surface area (Å²) in [5.41, 5.74) is 1.25. The summed E-state index contributed by atoms with van der Waals surface area (Å²) in [6, 6.07) is 5.27. The second kappa shape index (κ2) is 4.41. The Labute approximate surface area is 99.9 Å². The van der Waals surface area contributed by atoms with Crippen LogP contribution in [-0.2, 0) is 0 Å². The van der Waals surface area contributed by atoms with Crippen molar-refractivity contribution >= 4 is 10.8 Å². The van der Waals surface area contributed by atoms with Gasteiger partial charge in [-0.1, -0.05) is 6.07 Å². The fraction of sp³-hybridized carbons (Fsp3) is 0.357. The summed E-state index contributed by atoms with van der Waals surface area (Å²) in [5, 5.41) is 5.02. The fourth-order valence-electron chi connectivity index (χ4n) is 2.66. The minimum Gasteiger partial charge on any atom is -0.317 e. The van der Waals surface area contributed by atoms with Crippen LogP contribution >= 0.6 is 0 Å². The number of pyridine rings is 1. The van der Waals surface area contributed by atoms with Gasteiger partial charge >= 0.3 is 0 Å². The van der Waals surface area contributed by atoms with E-state index in [9.17, 15) is 4.39 Å². The van der Waals surface area contributed by atoms with Crippen molar-refractivity contribution in [1.82, 2.24) is 10.3 Å². The molecule has 1 aliphatic heterocycles. The van der Waals surface area contributed by atoms with E-state index in [0.29, 0.717) is 11.3 Å². The molecule has 0 saturated carbocycles. The number of rotatable bonds is 1. The smallest absolute Gasteiger partial charge is 0.131 e. The molecule has 1 aliphatic rings. The summed E-state index contributed by atoms with van der Waals surface area (Å²) in [5.74, 6) is 0.378. The van der Waals surface area contributed by atoms with Crippen molar-refractivity contribution in [2.75, 3.05) is 13.1 Å². The number of hydrogen-bond acceptors (Lipinski definition) is 2. The summed E-state index contributed by atoms with van der Waals surface area (Å²) < 4.78 is 13.7. The zero-order chi connectivity index (χ0) is 11.7. The van der Waals surface area contributed by atoms with Gasteiger partial charge in [0.25, 0.3) is 0 Å². The zero-order valence-electron chi connectivity index (χ0n) is 9.62. The SMILES string of the molecule is Fc1ccc(C2CCNCC2)c2cnccc12. The first kappa shape index (κ1) is 10.7. The Kier molecular flexibility index (Phi) is 2.77. The van der Waals surface area contributed by atoms with Gasteiger partial charge < -0.3 is 5.32 Å². The summed E-state index contributed by atoms with van der Waals surface area (Å²) in [6.07, 6.45) is 5.68. The Hall–Kier alpha value is -1.48. The third-order valence-corrected chi connectivity index (χ3v) is 3.58. The maximum Gasteiger partial charge on any atom is 0.131 e. The second-order valence-corrected chi connectivity index (χ2v) is 4.58. The molecule has 2 heterocycles. The first-order chi connectivity index (χ1) is 8.36. The Morgan fingerprint density at radius 1 is 1.12 bits per heavy atom. The molecule has 1 saturated heterocycles. The number of nitrogens with one attached hydrogen (secondary N) is 1. The number of fused-ring (bicyclic) bond motifs is 1. The maximum absolute atomic E-state index is 13.7. The molecule has 3 heteroatoms. The molecule has 0 unspecified atom stereocenters. The molecule has 17 heavy (non-hydrogen) atoms. The molecule has 0 spiro atoms. The molecule has 0 bridgehead atoms. The molecule has 3 rings (SSSR count). The van der Waals surface area contributed by atoms with Gasteiger partial charge in [-0.3, -0.25) is 4.98 Å².